The van der Waals surface area contributed by atoms with Crippen molar-refractivity contribution in [1.29, 1.82) is 0 Å². The van der Waals surface area contributed by atoms with Crippen molar-refractivity contribution in [3.8, 4) is 0 Å². The highest BCUT2D eigenvalue weighted by Gasteiger charge is 2.24. The first-order chi connectivity index (χ1) is 17.2. The van der Waals surface area contributed by atoms with Crippen molar-refractivity contribution in [3.63, 3.8) is 0 Å². The van der Waals surface area contributed by atoms with Crippen LogP contribution in [-0.2, 0) is 17.2 Å². The Morgan fingerprint density at radius 2 is 1.39 bits per heavy atom. The van der Waals surface area contributed by atoms with Crippen LogP contribution in [0.1, 0.15) is 11.3 Å². The van der Waals surface area contributed by atoms with Crippen LogP contribution >= 0.6 is 0 Å². The lowest BCUT2D eigenvalue weighted by molar-refractivity contribution is -0.646. The van der Waals surface area contributed by atoms with Gasteiger partial charge in [-0.25, -0.2) is 8.42 Å². The third kappa shape index (κ3) is 5.32. The Labute approximate surface area is 212 Å². The van der Waals surface area contributed by atoms with Crippen LogP contribution in [0.4, 0.5) is 11.4 Å². The van der Waals surface area contributed by atoms with Crippen molar-refractivity contribution >= 4 is 38.5 Å². The number of para-hydroxylation sites is 3. The zero-order valence-corrected chi connectivity index (χ0v) is 21.6. The number of fused-ring (bicyclic) bond motifs is 2. The number of benzene rings is 3. The molecule has 0 N–H and O–H groups in total. The molecule has 36 heavy (non-hydrogen) atoms. The van der Waals surface area contributed by atoms with Crippen LogP contribution in [0, 0.1) is 6.92 Å². The molecule has 1 aliphatic rings. The van der Waals surface area contributed by atoms with E-state index in [1.807, 2.05) is 6.92 Å². The molecule has 5 rings (SSSR count). The van der Waals surface area contributed by atoms with Gasteiger partial charge in [-0.2, -0.15) is 4.57 Å². The van der Waals surface area contributed by atoms with Crippen molar-refractivity contribution < 1.29 is 17.5 Å². The molecule has 6 nitrogen and oxygen atoms in total. The average Bonchev–Trinajstić information content (AvgIpc) is 3.11. The van der Waals surface area contributed by atoms with Crippen molar-refractivity contribution in [2.24, 2.45) is 7.05 Å². The first kappa shape index (κ1) is 25.2. The van der Waals surface area contributed by atoms with E-state index in [1.54, 1.807) is 12.1 Å². The van der Waals surface area contributed by atoms with Gasteiger partial charge in [0.1, 0.15) is 23.0 Å². The van der Waals surface area contributed by atoms with Crippen molar-refractivity contribution in [3.05, 3.63) is 114 Å². The van der Waals surface area contributed by atoms with E-state index in [2.05, 4.69) is 114 Å². The van der Waals surface area contributed by atoms with Crippen LogP contribution in [0.25, 0.3) is 17.0 Å². The minimum absolute atomic E-state index is 0.178. The van der Waals surface area contributed by atoms with Gasteiger partial charge in [-0.3, -0.25) is 0 Å². The number of pyridine rings is 1. The van der Waals surface area contributed by atoms with E-state index in [0.29, 0.717) is 0 Å². The number of hydrogen-bond acceptors (Lipinski definition) is 5. The molecule has 4 aromatic rings. The number of nitrogens with zero attached hydrogens (tertiary/aromatic N) is 3. The molecule has 7 heteroatoms. The number of anilines is 2. The van der Waals surface area contributed by atoms with E-state index in [0.717, 1.165) is 5.56 Å². The zero-order chi connectivity index (χ0) is 25.9. The van der Waals surface area contributed by atoms with E-state index in [1.165, 1.54) is 45.9 Å². The van der Waals surface area contributed by atoms with Crippen LogP contribution in [0.5, 0.6) is 0 Å². The Hall–Kier alpha value is -3.94. The maximum atomic E-state index is 10.4. The minimum Gasteiger partial charge on any atom is -0.744 e. The highest BCUT2D eigenvalue weighted by Crippen LogP contribution is 2.38. The maximum absolute atomic E-state index is 10.4. The number of aromatic nitrogens is 1. The van der Waals surface area contributed by atoms with E-state index in [4.69, 9.17) is 0 Å². The largest absolute Gasteiger partial charge is 0.744 e. The molecular formula is C29H29N3O3S. The Morgan fingerprint density at radius 3 is 2.00 bits per heavy atom. The Kier molecular flexibility index (Phi) is 7.24. The summed E-state index contributed by atoms with van der Waals surface area (Å²) in [5.74, 6) is 1.17. The first-order valence-corrected chi connectivity index (χ1v) is 12.9. The van der Waals surface area contributed by atoms with E-state index in [-0.39, 0.29) is 4.90 Å². The van der Waals surface area contributed by atoms with Gasteiger partial charge < -0.3 is 14.4 Å². The normalized spacial score (nSPS) is 13.1. The summed E-state index contributed by atoms with van der Waals surface area (Å²) in [6.07, 6.45) is 6.44. The molecule has 0 saturated heterocycles. The van der Waals surface area contributed by atoms with Crippen molar-refractivity contribution in [2.45, 2.75) is 11.8 Å². The summed E-state index contributed by atoms with van der Waals surface area (Å²) in [6, 6.07) is 27.0. The van der Waals surface area contributed by atoms with Gasteiger partial charge in [0, 0.05) is 37.7 Å². The fourth-order valence-electron chi connectivity index (χ4n) is 4.19. The van der Waals surface area contributed by atoms with Crippen LogP contribution in [0.2, 0.25) is 0 Å². The van der Waals surface area contributed by atoms with Gasteiger partial charge in [0.25, 0.3) is 0 Å². The molecule has 184 valence electrons. The molecule has 0 bridgehead atoms. The van der Waals surface area contributed by atoms with E-state index >= 15 is 0 Å². The molecular weight excluding hydrogens is 470 g/mol. The summed E-state index contributed by atoms with van der Waals surface area (Å²) in [7, 11) is 2.06. The molecule has 0 unspecified atom stereocenters. The lowest BCUT2D eigenvalue weighted by Gasteiger charge is -2.17. The Balaban J connectivity index is 0.000000233. The smallest absolute Gasteiger partial charge is 0.212 e. The fraction of sp³-hybridized carbons (Fsp3) is 0.138. The molecule has 2 heterocycles. The predicted molar refractivity (Wildman–Crippen MR) is 145 cm³/mol. The van der Waals surface area contributed by atoms with Gasteiger partial charge in [0.05, 0.1) is 16.3 Å². The quantitative estimate of drug-likeness (QED) is 0.293. The van der Waals surface area contributed by atoms with Crippen LogP contribution in [0.3, 0.4) is 0 Å². The molecule has 0 spiro atoms. The molecule has 0 radical (unpaired) electrons. The van der Waals surface area contributed by atoms with Crippen molar-refractivity contribution in [1.82, 2.24) is 0 Å². The second kappa shape index (κ2) is 10.4. The monoisotopic (exact) mass is 499 g/mol. The number of hydrogen-bond donors (Lipinski definition) is 0. The summed E-state index contributed by atoms with van der Waals surface area (Å²) < 4.78 is 33.4. The Morgan fingerprint density at radius 1 is 0.806 bits per heavy atom. The van der Waals surface area contributed by atoms with E-state index in [9.17, 15) is 13.0 Å². The van der Waals surface area contributed by atoms with Crippen LogP contribution < -0.4 is 14.4 Å². The van der Waals surface area contributed by atoms with Crippen LogP contribution in [0.15, 0.2) is 108 Å². The van der Waals surface area contributed by atoms with Gasteiger partial charge in [0.2, 0.25) is 11.2 Å². The minimum atomic E-state index is -4.27. The number of allylic oxidation sites excluding steroid dienone is 2. The molecule has 0 aliphatic carbocycles. The lowest BCUT2D eigenvalue weighted by Crippen LogP contribution is -2.32. The van der Waals surface area contributed by atoms with E-state index < -0.39 is 10.1 Å². The molecule has 1 aliphatic heterocycles. The second-order valence-corrected chi connectivity index (χ2v) is 10.0. The number of aryl methyl sites for hydroxylation is 2. The summed E-state index contributed by atoms with van der Waals surface area (Å²) in [6.45, 7) is 1.82. The maximum Gasteiger partial charge on any atom is 0.212 e. The molecule has 3 aromatic carbocycles. The molecule has 0 atom stereocenters. The van der Waals surface area contributed by atoms with Gasteiger partial charge >= 0.3 is 0 Å². The lowest BCUT2D eigenvalue weighted by atomic mass is 10.2. The predicted octanol–water partition coefficient (Wildman–Crippen LogP) is 5.00. The standard InChI is InChI=1S/C22H22N3.C7H8O3S/c1-23-18(16-15-17-9-4-5-11-19(17)23)10-8-14-22-24(2)20-12-6-7-13-21(20)25(22)3;1-6-2-4-7(5-3-6)11(8,9)10/h4-16H,1-3H3;2-5H,1H3,(H,8,9,10)/q+1;/p-1. The first-order valence-electron chi connectivity index (χ1n) is 11.5. The molecule has 0 fully saturated rings. The summed E-state index contributed by atoms with van der Waals surface area (Å²) >= 11 is 0. The zero-order valence-electron chi connectivity index (χ0n) is 20.8. The highest BCUT2D eigenvalue weighted by molar-refractivity contribution is 7.85. The van der Waals surface area contributed by atoms with Gasteiger partial charge in [-0.15, -0.1) is 0 Å². The second-order valence-electron chi connectivity index (χ2n) is 8.63. The highest BCUT2D eigenvalue weighted by atomic mass is 32.2. The molecule has 1 aromatic heterocycles. The third-order valence-corrected chi connectivity index (χ3v) is 7.08. The molecule has 0 saturated carbocycles. The summed E-state index contributed by atoms with van der Waals surface area (Å²) in [4.78, 5) is 4.27. The van der Waals surface area contributed by atoms with Gasteiger partial charge in [-0.05, 0) is 49.4 Å². The number of rotatable bonds is 3. The van der Waals surface area contributed by atoms with Crippen LogP contribution in [-0.4, -0.2) is 27.1 Å². The topological polar surface area (TPSA) is 67.6 Å². The van der Waals surface area contributed by atoms with Gasteiger partial charge in [0.15, 0.2) is 0 Å². The summed E-state index contributed by atoms with van der Waals surface area (Å²) in [5.41, 5.74) is 5.82. The van der Waals surface area contributed by atoms with Gasteiger partial charge in [-0.1, -0.05) is 48.0 Å². The molecule has 0 amide bonds. The SMILES string of the molecule is CN1C(=C/C=C/c2ccc3ccccc3[n+]2C)N(C)c2ccccc21.Cc1ccc(S(=O)(=O)[O-])cc1. The van der Waals surface area contributed by atoms with Crippen molar-refractivity contribution in [2.75, 3.05) is 23.9 Å². The Bertz CT molecular complexity index is 1530. The average molecular weight is 500 g/mol. The fourth-order valence-corrected chi connectivity index (χ4v) is 4.66. The third-order valence-electron chi connectivity index (χ3n) is 6.23. The summed E-state index contributed by atoms with van der Waals surface area (Å²) in [5, 5.41) is 1.26.